The Morgan fingerprint density at radius 3 is 2.67 bits per heavy atom. The van der Waals surface area contributed by atoms with E-state index in [0.717, 1.165) is 17.1 Å². The first-order valence-electron chi connectivity index (χ1n) is 6.40. The Hall–Kier alpha value is -1.91. The highest BCUT2D eigenvalue weighted by atomic mass is 15.2. The molecule has 2 aromatic heterocycles. The predicted octanol–water partition coefficient (Wildman–Crippen LogP) is 2.23. The monoisotopic (exact) mass is 243 g/mol. The summed E-state index contributed by atoms with van der Waals surface area (Å²) >= 11 is 0. The summed E-state index contributed by atoms with van der Waals surface area (Å²) in [7, 11) is 1.90. The summed E-state index contributed by atoms with van der Waals surface area (Å²) in [5.74, 6) is 0.870. The fourth-order valence-electron chi connectivity index (χ4n) is 2.40. The first-order valence-corrected chi connectivity index (χ1v) is 6.40. The molecule has 18 heavy (non-hydrogen) atoms. The minimum Gasteiger partial charge on any atom is -0.366 e. The van der Waals surface area contributed by atoms with Gasteiger partial charge in [-0.2, -0.15) is 5.10 Å². The second-order valence-electron chi connectivity index (χ2n) is 4.83. The minimum absolute atomic E-state index is 0.573. The van der Waals surface area contributed by atoms with Crippen LogP contribution in [-0.4, -0.2) is 26.0 Å². The molecule has 5 heteroatoms. The lowest BCUT2D eigenvalue weighted by molar-refractivity contribution is 0.746. The van der Waals surface area contributed by atoms with Crippen LogP contribution >= 0.6 is 0 Å². The van der Waals surface area contributed by atoms with E-state index >= 15 is 0 Å². The smallest absolute Gasteiger partial charge is 0.148 e. The highest BCUT2D eigenvalue weighted by Crippen LogP contribution is 2.22. The van der Waals surface area contributed by atoms with Crippen molar-refractivity contribution in [2.24, 2.45) is 7.05 Å². The molecule has 0 aliphatic heterocycles. The first kappa shape index (κ1) is 11.2. The van der Waals surface area contributed by atoms with Gasteiger partial charge in [-0.05, 0) is 25.0 Å². The average molecular weight is 243 g/mol. The number of hydrogen-bond acceptors (Lipinski definition) is 4. The van der Waals surface area contributed by atoms with Crippen LogP contribution in [0, 0.1) is 0 Å². The zero-order chi connectivity index (χ0) is 12.4. The molecule has 1 fully saturated rings. The van der Waals surface area contributed by atoms with Crippen molar-refractivity contribution in [3.05, 3.63) is 24.5 Å². The molecule has 1 aliphatic carbocycles. The van der Waals surface area contributed by atoms with Gasteiger partial charge in [0.05, 0.1) is 11.9 Å². The van der Waals surface area contributed by atoms with E-state index in [0.29, 0.717) is 6.04 Å². The van der Waals surface area contributed by atoms with Gasteiger partial charge in [-0.1, -0.05) is 12.8 Å². The Balaban J connectivity index is 1.72. The Kier molecular flexibility index (Phi) is 2.96. The minimum atomic E-state index is 0.573. The third-order valence-corrected chi connectivity index (χ3v) is 3.37. The largest absolute Gasteiger partial charge is 0.366 e. The summed E-state index contributed by atoms with van der Waals surface area (Å²) in [6.45, 7) is 0. The molecule has 0 unspecified atom stereocenters. The van der Waals surface area contributed by atoms with Crippen LogP contribution in [0.5, 0.6) is 0 Å². The molecular weight excluding hydrogens is 226 g/mol. The van der Waals surface area contributed by atoms with Gasteiger partial charge in [-0.25, -0.2) is 0 Å². The quantitative estimate of drug-likeness (QED) is 0.898. The van der Waals surface area contributed by atoms with Crippen molar-refractivity contribution >= 4 is 5.82 Å². The second kappa shape index (κ2) is 4.76. The van der Waals surface area contributed by atoms with E-state index in [1.54, 1.807) is 10.9 Å². The molecule has 0 bridgehead atoms. The van der Waals surface area contributed by atoms with Crippen LogP contribution < -0.4 is 5.32 Å². The molecule has 0 aromatic carbocycles. The number of aryl methyl sites for hydroxylation is 1. The summed E-state index contributed by atoms with van der Waals surface area (Å²) in [6.07, 6.45) is 8.86. The number of aromatic nitrogens is 4. The maximum Gasteiger partial charge on any atom is 0.148 e. The molecule has 3 rings (SSSR count). The van der Waals surface area contributed by atoms with Gasteiger partial charge in [0.1, 0.15) is 5.82 Å². The summed E-state index contributed by atoms with van der Waals surface area (Å²) in [4.78, 5) is 0. The molecular formula is C13H17N5. The molecule has 0 saturated heterocycles. The van der Waals surface area contributed by atoms with Crippen LogP contribution in [0.25, 0.3) is 11.3 Å². The van der Waals surface area contributed by atoms with E-state index in [-0.39, 0.29) is 0 Å². The predicted molar refractivity (Wildman–Crippen MR) is 70.1 cm³/mol. The maximum absolute atomic E-state index is 4.24. The highest BCUT2D eigenvalue weighted by Gasteiger charge is 2.15. The SMILES string of the molecule is Cn1cc(-c2ccc(NC3CCCC3)nn2)cn1. The normalized spacial score (nSPS) is 16.1. The molecule has 0 spiro atoms. The standard InChI is InChI=1S/C13H17N5/c1-18-9-10(8-14-18)12-6-7-13(17-16-12)15-11-4-2-3-5-11/h6-9,11H,2-5H2,1H3,(H,15,17). The lowest BCUT2D eigenvalue weighted by Gasteiger charge is -2.11. The van der Waals surface area contributed by atoms with Gasteiger partial charge in [-0.15, -0.1) is 10.2 Å². The fourth-order valence-corrected chi connectivity index (χ4v) is 2.40. The van der Waals surface area contributed by atoms with Gasteiger partial charge in [0.25, 0.3) is 0 Å². The fraction of sp³-hybridized carbons (Fsp3) is 0.462. The second-order valence-corrected chi connectivity index (χ2v) is 4.83. The average Bonchev–Trinajstić information content (AvgIpc) is 3.02. The van der Waals surface area contributed by atoms with Crippen LogP contribution in [0.1, 0.15) is 25.7 Å². The number of anilines is 1. The Bertz CT molecular complexity index is 510. The van der Waals surface area contributed by atoms with Crippen molar-refractivity contribution in [1.82, 2.24) is 20.0 Å². The van der Waals surface area contributed by atoms with Crippen LogP contribution in [-0.2, 0) is 7.05 Å². The van der Waals surface area contributed by atoms with Crippen molar-refractivity contribution in [3.8, 4) is 11.3 Å². The van der Waals surface area contributed by atoms with Gasteiger partial charge in [0.2, 0.25) is 0 Å². The lowest BCUT2D eigenvalue weighted by atomic mass is 10.2. The molecule has 1 N–H and O–H groups in total. The van der Waals surface area contributed by atoms with E-state index in [9.17, 15) is 0 Å². The van der Waals surface area contributed by atoms with Crippen molar-refractivity contribution in [1.29, 1.82) is 0 Å². The first-order chi connectivity index (χ1) is 8.81. The third kappa shape index (κ3) is 2.34. The topological polar surface area (TPSA) is 55.6 Å². The van der Waals surface area contributed by atoms with Crippen LogP contribution in [0.2, 0.25) is 0 Å². The van der Waals surface area contributed by atoms with Gasteiger partial charge < -0.3 is 5.32 Å². The van der Waals surface area contributed by atoms with Gasteiger partial charge in [0, 0.05) is 24.8 Å². The van der Waals surface area contributed by atoms with Crippen molar-refractivity contribution in [3.63, 3.8) is 0 Å². The summed E-state index contributed by atoms with van der Waals surface area (Å²) < 4.78 is 1.77. The summed E-state index contributed by atoms with van der Waals surface area (Å²) in [6, 6.07) is 4.55. The molecule has 2 heterocycles. The van der Waals surface area contributed by atoms with Gasteiger partial charge >= 0.3 is 0 Å². The number of nitrogens with zero attached hydrogens (tertiary/aromatic N) is 4. The van der Waals surface area contributed by atoms with Crippen molar-refractivity contribution in [2.45, 2.75) is 31.7 Å². The summed E-state index contributed by atoms with van der Waals surface area (Å²) in [5, 5.41) is 16.0. The van der Waals surface area contributed by atoms with E-state index < -0.39 is 0 Å². The Morgan fingerprint density at radius 1 is 1.22 bits per heavy atom. The number of hydrogen-bond donors (Lipinski definition) is 1. The van der Waals surface area contributed by atoms with E-state index in [1.807, 2.05) is 25.4 Å². The van der Waals surface area contributed by atoms with Gasteiger partial charge in [-0.3, -0.25) is 4.68 Å². The zero-order valence-electron chi connectivity index (χ0n) is 10.5. The Labute approximate surface area is 106 Å². The molecule has 1 aliphatic rings. The van der Waals surface area contributed by atoms with Crippen LogP contribution in [0.4, 0.5) is 5.82 Å². The van der Waals surface area contributed by atoms with Crippen molar-refractivity contribution in [2.75, 3.05) is 5.32 Å². The molecule has 0 amide bonds. The van der Waals surface area contributed by atoms with Crippen LogP contribution in [0.15, 0.2) is 24.5 Å². The van der Waals surface area contributed by atoms with E-state index in [2.05, 4.69) is 20.6 Å². The molecule has 0 radical (unpaired) electrons. The number of rotatable bonds is 3. The molecule has 1 saturated carbocycles. The Morgan fingerprint density at radius 2 is 2.06 bits per heavy atom. The molecule has 94 valence electrons. The molecule has 2 aromatic rings. The molecule has 0 atom stereocenters. The van der Waals surface area contributed by atoms with E-state index in [4.69, 9.17) is 0 Å². The third-order valence-electron chi connectivity index (χ3n) is 3.37. The van der Waals surface area contributed by atoms with Crippen molar-refractivity contribution < 1.29 is 0 Å². The number of nitrogens with one attached hydrogen (secondary N) is 1. The lowest BCUT2D eigenvalue weighted by Crippen LogP contribution is -2.15. The van der Waals surface area contributed by atoms with E-state index in [1.165, 1.54) is 25.7 Å². The maximum atomic E-state index is 4.24. The zero-order valence-corrected chi connectivity index (χ0v) is 10.5. The molecule has 5 nitrogen and oxygen atoms in total. The van der Waals surface area contributed by atoms with Gasteiger partial charge in [0.15, 0.2) is 0 Å². The highest BCUT2D eigenvalue weighted by molar-refractivity contribution is 5.57. The summed E-state index contributed by atoms with van der Waals surface area (Å²) in [5.41, 5.74) is 1.86. The van der Waals surface area contributed by atoms with Crippen LogP contribution in [0.3, 0.4) is 0 Å².